The lowest BCUT2D eigenvalue weighted by molar-refractivity contribution is -0.136. The topological polar surface area (TPSA) is 75.4 Å². The normalized spacial score (nSPS) is 19.8. The standard InChI is InChI=1S/C15H22ClN3O2S/c1-10(12-4-5-13(16)22-12)15(21)19-8-2-3-11(9-19)14(20)18-7-6-17/h4-5,10-11H,2-3,6-9,17H2,1H3,(H,18,20). The van der Waals surface area contributed by atoms with Gasteiger partial charge in [0.15, 0.2) is 0 Å². The number of likely N-dealkylation sites (tertiary alicyclic amines) is 1. The summed E-state index contributed by atoms with van der Waals surface area (Å²) in [6, 6.07) is 3.70. The number of rotatable bonds is 5. The van der Waals surface area contributed by atoms with E-state index in [-0.39, 0.29) is 23.7 Å². The first-order valence-electron chi connectivity index (χ1n) is 7.54. The van der Waals surface area contributed by atoms with E-state index in [0.29, 0.717) is 30.5 Å². The molecule has 1 aromatic heterocycles. The summed E-state index contributed by atoms with van der Waals surface area (Å²) in [5, 5.41) is 2.81. The summed E-state index contributed by atoms with van der Waals surface area (Å²) in [6.45, 7) is 3.99. The molecule has 5 nitrogen and oxygen atoms in total. The summed E-state index contributed by atoms with van der Waals surface area (Å²) >= 11 is 7.37. The van der Waals surface area contributed by atoms with Crippen LogP contribution in [0.25, 0.3) is 0 Å². The Kier molecular flexibility index (Phi) is 6.23. The van der Waals surface area contributed by atoms with Crippen LogP contribution in [-0.4, -0.2) is 42.9 Å². The molecule has 2 atom stereocenters. The predicted octanol–water partition coefficient (Wildman–Crippen LogP) is 1.82. The van der Waals surface area contributed by atoms with Crippen molar-refractivity contribution >= 4 is 34.8 Å². The van der Waals surface area contributed by atoms with Crippen LogP contribution in [0, 0.1) is 5.92 Å². The lowest BCUT2D eigenvalue weighted by Crippen LogP contribution is -2.47. The lowest BCUT2D eigenvalue weighted by atomic mass is 9.95. The van der Waals surface area contributed by atoms with Gasteiger partial charge in [-0.2, -0.15) is 0 Å². The molecule has 7 heteroatoms. The van der Waals surface area contributed by atoms with E-state index in [4.69, 9.17) is 17.3 Å². The van der Waals surface area contributed by atoms with Crippen molar-refractivity contribution in [3.8, 4) is 0 Å². The molecular formula is C15H22ClN3O2S. The Morgan fingerprint density at radius 1 is 1.55 bits per heavy atom. The van der Waals surface area contributed by atoms with Crippen LogP contribution in [0.4, 0.5) is 0 Å². The number of nitrogens with one attached hydrogen (secondary N) is 1. The molecular weight excluding hydrogens is 322 g/mol. The number of hydrogen-bond acceptors (Lipinski definition) is 4. The maximum Gasteiger partial charge on any atom is 0.230 e. The summed E-state index contributed by atoms with van der Waals surface area (Å²) in [7, 11) is 0. The van der Waals surface area contributed by atoms with E-state index >= 15 is 0 Å². The highest BCUT2D eigenvalue weighted by molar-refractivity contribution is 7.16. The molecule has 2 unspecified atom stereocenters. The molecule has 22 heavy (non-hydrogen) atoms. The van der Waals surface area contributed by atoms with Crippen molar-refractivity contribution in [1.82, 2.24) is 10.2 Å². The first-order chi connectivity index (χ1) is 10.5. The quantitative estimate of drug-likeness (QED) is 0.856. The molecule has 3 N–H and O–H groups in total. The van der Waals surface area contributed by atoms with Crippen LogP contribution < -0.4 is 11.1 Å². The second-order valence-corrected chi connectivity index (χ2v) is 7.31. The number of halogens is 1. The van der Waals surface area contributed by atoms with Crippen molar-refractivity contribution in [1.29, 1.82) is 0 Å². The molecule has 0 saturated carbocycles. The van der Waals surface area contributed by atoms with Crippen LogP contribution in [0.2, 0.25) is 4.34 Å². The van der Waals surface area contributed by atoms with E-state index in [2.05, 4.69) is 5.32 Å². The van der Waals surface area contributed by atoms with Gasteiger partial charge in [-0.05, 0) is 31.9 Å². The smallest absolute Gasteiger partial charge is 0.230 e. The molecule has 1 aliphatic heterocycles. The van der Waals surface area contributed by atoms with Gasteiger partial charge in [-0.3, -0.25) is 9.59 Å². The molecule has 0 spiro atoms. The minimum Gasteiger partial charge on any atom is -0.355 e. The molecule has 122 valence electrons. The van der Waals surface area contributed by atoms with Gasteiger partial charge < -0.3 is 16.0 Å². The monoisotopic (exact) mass is 343 g/mol. The average molecular weight is 344 g/mol. The number of amides is 2. The highest BCUT2D eigenvalue weighted by atomic mass is 35.5. The third kappa shape index (κ3) is 4.21. The summed E-state index contributed by atoms with van der Waals surface area (Å²) in [4.78, 5) is 27.4. The number of nitrogens with two attached hydrogens (primary N) is 1. The van der Waals surface area contributed by atoms with E-state index in [1.165, 1.54) is 11.3 Å². The van der Waals surface area contributed by atoms with Gasteiger partial charge in [-0.15, -0.1) is 11.3 Å². The van der Waals surface area contributed by atoms with Crippen LogP contribution in [0.15, 0.2) is 12.1 Å². The predicted molar refractivity (Wildman–Crippen MR) is 89.1 cm³/mol. The van der Waals surface area contributed by atoms with Crippen LogP contribution in [0.3, 0.4) is 0 Å². The Bertz CT molecular complexity index is 535. The minimum absolute atomic E-state index is 0.00484. The fraction of sp³-hybridized carbons (Fsp3) is 0.600. The number of carbonyl (C=O) groups is 2. The van der Waals surface area contributed by atoms with Gasteiger partial charge >= 0.3 is 0 Å². The van der Waals surface area contributed by atoms with Crippen molar-refractivity contribution in [2.24, 2.45) is 11.7 Å². The fourth-order valence-corrected chi connectivity index (χ4v) is 3.79. The molecule has 2 heterocycles. The van der Waals surface area contributed by atoms with Gasteiger partial charge in [-0.25, -0.2) is 0 Å². The van der Waals surface area contributed by atoms with Crippen LogP contribution in [0.5, 0.6) is 0 Å². The molecule has 0 radical (unpaired) electrons. The zero-order chi connectivity index (χ0) is 16.1. The molecule has 1 aliphatic rings. The number of carbonyl (C=O) groups excluding carboxylic acids is 2. The van der Waals surface area contributed by atoms with Gasteiger partial charge in [0.2, 0.25) is 11.8 Å². The summed E-state index contributed by atoms with van der Waals surface area (Å²) in [6.07, 6.45) is 1.67. The van der Waals surface area contributed by atoms with Gasteiger partial charge in [0.1, 0.15) is 0 Å². The summed E-state index contributed by atoms with van der Waals surface area (Å²) < 4.78 is 0.687. The first kappa shape index (κ1) is 17.2. The molecule has 2 rings (SSSR count). The van der Waals surface area contributed by atoms with Gasteiger partial charge in [-0.1, -0.05) is 11.6 Å². The van der Waals surface area contributed by atoms with Crippen molar-refractivity contribution in [3.05, 3.63) is 21.3 Å². The molecule has 0 aromatic carbocycles. The molecule has 1 saturated heterocycles. The zero-order valence-corrected chi connectivity index (χ0v) is 14.3. The van der Waals surface area contributed by atoms with E-state index in [9.17, 15) is 9.59 Å². The van der Waals surface area contributed by atoms with Crippen molar-refractivity contribution in [2.45, 2.75) is 25.7 Å². The highest BCUT2D eigenvalue weighted by Crippen LogP contribution is 2.30. The zero-order valence-electron chi connectivity index (χ0n) is 12.7. The second-order valence-electron chi connectivity index (χ2n) is 5.57. The molecule has 1 fully saturated rings. The first-order valence-corrected chi connectivity index (χ1v) is 8.74. The fourth-order valence-electron chi connectivity index (χ4n) is 2.69. The van der Waals surface area contributed by atoms with Crippen LogP contribution in [-0.2, 0) is 9.59 Å². The largest absolute Gasteiger partial charge is 0.355 e. The Morgan fingerprint density at radius 3 is 2.95 bits per heavy atom. The van der Waals surface area contributed by atoms with E-state index < -0.39 is 0 Å². The Balaban J connectivity index is 1.96. The third-order valence-corrected chi connectivity index (χ3v) is 5.35. The average Bonchev–Trinajstić information content (AvgIpc) is 2.97. The summed E-state index contributed by atoms with van der Waals surface area (Å²) in [5.41, 5.74) is 5.40. The SMILES string of the molecule is CC(C(=O)N1CCCC(C(=O)NCCN)C1)c1ccc(Cl)s1. The number of hydrogen-bond donors (Lipinski definition) is 2. The van der Waals surface area contributed by atoms with Gasteiger partial charge in [0.25, 0.3) is 0 Å². The van der Waals surface area contributed by atoms with Crippen molar-refractivity contribution < 1.29 is 9.59 Å². The molecule has 0 aliphatic carbocycles. The molecule has 0 bridgehead atoms. The van der Waals surface area contributed by atoms with E-state index in [1.807, 2.05) is 19.1 Å². The molecule has 2 amide bonds. The summed E-state index contributed by atoms with van der Waals surface area (Å²) in [5.74, 6) is -0.295. The minimum atomic E-state index is -0.219. The van der Waals surface area contributed by atoms with Crippen LogP contribution in [0.1, 0.15) is 30.6 Å². The maximum atomic E-state index is 12.6. The van der Waals surface area contributed by atoms with Crippen molar-refractivity contribution in [2.75, 3.05) is 26.2 Å². The Hall–Kier alpha value is -1.11. The Morgan fingerprint density at radius 2 is 2.32 bits per heavy atom. The van der Waals surface area contributed by atoms with E-state index in [0.717, 1.165) is 17.7 Å². The van der Waals surface area contributed by atoms with Crippen molar-refractivity contribution in [3.63, 3.8) is 0 Å². The highest BCUT2D eigenvalue weighted by Gasteiger charge is 2.31. The molecule has 1 aromatic rings. The third-order valence-electron chi connectivity index (χ3n) is 3.94. The Labute approximate surface area is 139 Å². The number of nitrogens with zero attached hydrogens (tertiary/aromatic N) is 1. The second kappa shape index (κ2) is 7.94. The number of piperidine rings is 1. The van der Waals surface area contributed by atoms with Crippen LogP contribution >= 0.6 is 22.9 Å². The lowest BCUT2D eigenvalue weighted by Gasteiger charge is -2.33. The van der Waals surface area contributed by atoms with Gasteiger partial charge in [0.05, 0.1) is 16.2 Å². The van der Waals surface area contributed by atoms with Gasteiger partial charge in [0, 0.05) is 31.1 Å². The number of thiophene rings is 1. The van der Waals surface area contributed by atoms with E-state index in [1.54, 1.807) is 4.90 Å². The maximum absolute atomic E-state index is 12.6.